The van der Waals surface area contributed by atoms with E-state index in [1.807, 2.05) is 31.1 Å². The van der Waals surface area contributed by atoms with E-state index < -0.39 is 0 Å². The van der Waals surface area contributed by atoms with E-state index in [0.29, 0.717) is 12.2 Å². The van der Waals surface area contributed by atoms with Crippen molar-refractivity contribution in [2.24, 2.45) is 0 Å². The van der Waals surface area contributed by atoms with Crippen LogP contribution in [0.4, 0.5) is 5.82 Å². The fraction of sp³-hybridized carbons (Fsp3) is 0.450. The summed E-state index contributed by atoms with van der Waals surface area (Å²) in [7, 11) is 3.95. The zero-order valence-corrected chi connectivity index (χ0v) is 16.1. The van der Waals surface area contributed by atoms with Crippen LogP contribution in [0.1, 0.15) is 16.1 Å². The summed E-state index contributed by atoms with van der Waals surface area (Å²) in [6, 6.07) is 14.2. The van der Waals surface area contributed by atoms with Gasteiger partial charge in [-0.05, 0) is 31.8 Å². The molecule has 144 valence electrons. The van der Waals surface area contributed by atoms with Crippen molar-refractivity contribution in [3.63, 3.8) is 0 Å². The molecule has 0 bridgehead atoms. The quantitative estimate of drug-likeness (QED) is 0.789. The molecule has 1 amide bonds. The number of aromatic nitrogens is 2. The highest BCUT2D eigenvalue weighted by Gasteiger charge is 2.19. The van der Waals surface area contributed by atoms with Crippen LogP contribution < -0.4 is 10.2 Å². The fourth-order valence-corrected chi connectivity index (χ4v) is 3.08. The first-order chi connectivity index (χ1) is 13.1. The van der Waals surface area contributed by atoms with Gasteiger partial charge in [0.2, 0.25) is 0 Å². The van der Waals surface area contributed by atoms with Crippen LogP contribution in [0.25, 0.3) is 0 Å². The number of nitrogens with zero attached hydrogens (tertiary/aromatic N) is 5. The SMILES string of the molecule is CN(C)CCNC(=O)c1ccc(N2CCN(Cc3ccccc3)CC2)nn1. The Balaban J connectivity index is 1.47. The van der Waals surface area contributed by atoms with Gasteiger partial charge in [-0.1, -0.05) is 30.3 Å². The van der Waals surface area contributed by atoms with E-state index in [-0.39, 0.29) is 5.91 Å². The van der Waals surface area contributed by atoms with Gasteiger partial charge >= 0.3 is 0 Å². The number of hydrogen-bond acceptors (Lipinski definition) is 6. The first-order valence-electron chi connectivity index (χ1n) is 9.40. The van der Waals surface area contributed by atoms with Crippen LogP contribution in [0.15, 0.2) is 42.5 Å². The molecule has 1 N–H and O–H groups in total. The number of hydrogen-bond donors (Lipinski definition) is 1. The number of anilines is 1. The van der Waals surface area contributed by atoms with Crippen molar-refractivity contribution in [2.45, 2.75) is 6.54 Å². The van der Waals surface area contributed by atoms with Gasteiger partial charge in [0, 0.05) is 45.8 Å². The lowest BCUT2D eigenvalue weighted by Gasteiger charge is -2.35. The molecule has 1 aliphatic rings. The molecule has 2 heterocycles. The Morgan fingerprint density at radius 1 is 1.04 bits per heavy atom. The Hall–Kier alpha value is -2.51. The molecular weight excluding hydrogens is 340 g/mol. The molecule has 0 saturated carbocycles. The number of carbonyl (C=O) groups excluding carboxylic acids is 1. The highest BCUT2D eigenvalue weighted by atomic mass is 16.1. The van der Waals surface area contributed by atoms with E-state index in [4.69, 9.17) is 0 Å². The summed E-state index contributed by atoms with van der Waals surface area (Å²) in [5.41, 5.74) is 1.70. The van der Waals surface area contributed by atoms with Crippen molar-refractivity contribution in [3.8, 4) is 0 Å². The molecule has 2 aromatic rings. The number of carbonyl (C=O) groups is 1. The second kappa shape index (κ2) is 9.43. The third-order valence-corrected chi connectivity index (χ3v) is 4.67. The summed E-state index contributed by atoms with van der Waals surface area (Å²) in [6.45, 7) is 6.17. The molecule has 7 heteroatoms. The zero-order chi connectivity index (χ0) is 19.1. The second-order valence-electron chi connectivity index (χ2n) is 7.08. The van der Waals surface area contributed by atoms with Gasteiger partial charge in [-0.2, -0.15) is 0 Å². The van der Waals surface area contributed by atoms with Crippen LogP contribution in [-0.4, -0.2) is 79.3 Å². The first-order valence-corrected chi connectivity index (χ1v) is 9.40. The number of amides is 1. The Kier molecular flexibility index (Phi) is 6.73. The maximum atomic E-state index is 12.1. The van der Waals surface area contributed by atoms with Crippen LogP contribution in [0.5, 0.6) is 0 Å². The predicted molar refractivity (Wildman–Crippen MR) is 107 cm³/mol. The largest absolute Gasteiger partial charge is 0.353 e. The average Bonchev–Trinajstić information content (AvgIpc) is 2.69. The molecule has 1 saturated heterocycles. The summed E-state index contributed by atoms with van der Waals surface area (Å²) < 4.78 is 0. The monoisotopic (exact) mass is 368 g/mol. The summed E-state index contributed by atoms with van der Waals surface area (Å²) in [5.74, 6) is 0.655. The molecule has 7 nitrogen and oxygen atoms in total. The Morgan fingerprint density at radius 2 is 1.78 bits per heavy atom. The van der Waals surface area contributed by atoms with E-state index in [1.165, 1.54) is 5.56 Å². The number of rotatable bonds is 7. The zero-order valence-electron chi connectivity index (χ0n) is 16.1. The molecule has 0 radical (unpaired) electrons. The number of piperazine rings is 1. The Bertz CT molecular complexity index is 711. The van der Waals surface area contributed by atoms with Crippen LogP contribution in [0.2, 0.25) is 0 Å². The number of nitrogens with one attached hydrogen (secondary N) is 1. The molecular formula is C20H28N6O. The van der Waals surface area contributed by atoms with Crippen molar-refractivity contribution in [2.75, 3.05) is 58.3 Å². The molecule has 27 heavy (non-hydrogen) atoms. The van der Waals surface area contributed by atoms with Gasteiger partial charge in [-0.3, -0.25) is 9.69 Å². The van der Waals surface area contributed by atoms with E-state index in [1.54, 1.807) is 6.07 Å². The van der Waals surface area contributed by atoms with E-state index in [2.05, 4.69) is 49.6 Å². The smallest absolute Gasteiger partial charge is 0.271 e. The van der Waals surface area contributed by atoms with Gasteiger partial charge in [-0.15, -0.1) is 10.2 Å². The highest BCUT2D eigenvalue weighted by molar-refractivity contribution is 5.92. The van der Waals surface area contributed by atoms with Gasteiger partial charge in [0.1, 0.15) is 0 Å². The van der Waals surface area contributed by atoms with Crippen LogP contribution >= 0.6 is 0 Å². The van der Waals surface area contributed by atoms with Crippen LogP contribution in [0, 0.1) is 0 Å². The Morgan fingerprint density at radius 3 is 2.41 bits per heavy atom. The average molecular weight is 368 g/mol. The summed E-state index contributed by atoms with van der Waals surface area (Å²) in [5, 5.41) is 11.2. The van der Waals surface area contributed by atoms with E-state index >= 15 is 0 Å². The van der Waals surface area contributed by atoms with E-state index in [9.17, 15) is 4.79 Å². The van der Waals surface area contributed by atoms with Gasteiger partial charge < -0.3 is 15.1 Å². The minimum atomic E-state index is -0.177. The lowest BCUT2D eigenvalue weighted by Crippen LogP contribution is -2.46. The lowest BCUT2D eigenvalue weighted by atomic mass is 10.2. The highest BCUT2D eigenvalue weighted by Crippen LogP contribution is 2.14. The van der Waals surface area contributed by atoms with Crippen molar-refractivity contribution in [1.82, 2.24) is 25.3 Å². The topological polar surface area (TPSA) is 64.6 Å². The number of likely N-dealkylation sites (N-methyl/N-ethyl adjacent to an activating group) is 1. The van der Waals surface area contributed by atoms with E-state index in [0.717, 1.165) is 45.1 Å². The molecule has 0 unspecified atom stereocenters. The van der Waals surface area contributed by atoms with Gasteiger partial charge in [0.05, 0.1) is 0 Å². The first kappa shape index (κ1) is 19.3. The van der Waals surface area contributed by atoms with Gasteiger partial charge in [0.25, 0.3) is 5.91 Å². The van der Waals surface area contributed by atoms with Gasteiger partial charge in [0.15, 0.2) is 11.5 Å². The number of benzene rings is 1. The predicted octanol–water partition coefficient (Wildman–Crippen LogP) is 1.09. The summed E-state index contributed by atoms with van der Waals surface area (Å²) in [6.07, 6.45) is 0. The van der Waals surface area contributed by atoms with Crippen molar-refractivity contribution < 1.29 is 4.79 Å². The second-order valence-corrected chi connectivity index (χ2v) is 7.08. The molecule has 1 aliphatic heterocycles. The van der Waals surface area contributed by atoms with Crippen molar-refractivity contribution >= 4 is 11.7 Å². The van der Waals surface area contributed by atoms with Gasteiger partial charge in [-0.25, -0.2) is 0 Å². The molecule has 0 spiro atoms. The standard InChI is InChI=1S/C20H28N6O/c1-24(2)11-10-21-20(27)18-8-9-19(23-22-18)26-14-12-25(13-15-26)16-17-6-4-3-5-7-17/h3-9H,10-16H2,1-2H3,(H,21,27). The third kappa shape index (κ3) is 5.74. The van der Waals surface area contributed by atoms with Crippen molar-refractivity contribution in [3.05, 3.63) is 53.7 Å². The van der Waals surface area contributed by atoms with Crippen LogP contribution in [0.3, 0.4) is 0 Å². The molecule has 0 atom stereocenters. The molecule has 1 aromatic heterocycles. The Labute approximate surface area is 161 Å². The summed E-state index contributed by atoms with van der Waals surface area (Å²) >= 11 is 0. The maximum absolute atomic E-state index is 12.1. The third-order valence-electron chi connectivity index (χ3n) is 4.67. The minimum absolute atomic E-state index is 0.177. The normalized spacial score (nSPS) is 15.1. The molecule has 0 aliphatic carbocycles. The molecule has 1 fully saturated rings. The minimum Gasteiger partial charge on any atom is -0.353 e. The molecule has 3 rings (SSSR count). The lowest BCUT2D eigenvalue weighted by molar-refractivity contribution is 0.0945. The fourth-order valence-electron chi connectivity index (χ4n) is 3.08. The molecule has 1 aromatic carbocycles. The summed E-state index contributed by atoms with van der Waals surface area (Å²) in [4.78, 5) is 18.8. The van der Waals surface area contributed by atoms with Crippen molar-refractivity contribution in [1.29, 1.82) is 0 Å². The maximum Gasteiger partial charge on any atom is 0.271 e. The van der Waals surface area contributed by atoms with Crippen LogP contribution in [-0.2, 0) is 6.54 Å².